The highest BCUT2D eigenvalue weighted by atomic mass is 32.1. The smallest absolute Gasteiger partial charge is 0.143 e. The minimum atomic E-state index is 0.649. The van der Waals surface area contributed by atoms with Gasteiger partial charge in [-0.2, -0.15) is 12.6 Å². The normalized spacial score (nSPS) is 17.4. The van der Waals surface area contributed by atoms with E-state index in [0.717, 1.165) is 17.9 Å². The Kier molecular flexibility index (Phi) is 2.63. The Bertz CT molecular complexity index is 291. The fourth-order valence-electron chi connectivity index (χ4n) is 1.85. The molecule has 0 aliphatic heterocycles. The molecule has 2 nitrogen and oxygen atoms in total. The second kappa shape index (κ2) is 3.74. The first kappa shape index (κ1) is 9.13. The number of hydrogen-bond acceptors (Lipinski definition) is 3. The summed E-state index contributed by atoms with van der Waals surface area (Å²) in [7, 11) is 0. The van der Waals surface area contributed by atoms with Gasteiger partial charge < -0.3 is 4.52 Å². The zero-order valence-electron chi connectivity index (χ0n) is 7.92. The molecule has 0 saturated heterocycles. The van der Waals surface area contributed by atoms with E-state index in [1.54, 1.807) is 0 Å². The first-order valence-corrected chi connectivity index (χ1v) is 5.58. The minimum Gasteiger partial charge on any atom is -0.361 e. The van der Waals surface area contributed by atoms with Crippen LogP contribution in [0.2, 0.25) is 0 Å². The van der Waals surface area contributed by atoms with Crippen LogP contribution in [0.5, 0.6) is 0 Å². The quantitative estimate of drug-likeness (QED) is 0.754. The van der Waals surface area contributed by atoms with Crippen molar-refractivity contribution in [2.75, 3.05) is 0 Å². The SMILES string of the molecule is CCc1c(CS)noc1C1CCC1. The molecule has 1 aromatic rings. The third-order valence-corrected chi connectivity index (χ3v) is 3.18. The molecule has 0 spiro atoms. The topological polar surface area (TPSA) is 26.0 Å². The van der Waals surface area contributed by atoms with Crippen molar-refractivity contribution in [2.45, 2.75) is 44.3 Å². The molecule has 13 heavy (non-hydrogen) atoms. The summed E-state index contributed by atoms with van der Waals surface area (Å²) in [4.78, 5) is 0. The third-order valence-electron chi connectivity index (χ3n) is 2.88. The van der Waals surface area contributed by atoms with Crippen LogP contribution in [0.15, 0.2) is 4.52 Å². The van der Waals surface area contributed by atoms with Crippen LogP contribution in [-0.4, -0.2) is 5.16 Å². The van der Waals surface area contributed by atoms with E-state index in [9.17, 15) is 0 Å². The maximum absolute atomic E-state index is 5.38. The van der Waals surface area contributed by atoms with Gasteiger partial charge in [-0.3, -0.25) is 0 Å². The van der Waals surface area contributed by atoms with Crippen LogP contribution < -0.4 is 0 Å². The highest BCUT2D eigenvalue weighted by Crippen LogP contribution is 2.39. The minimum absolute atomic E-state index is 0.649. The van der Waals surface area contributed by atoms with Crippen LogP contribution in [0.1, 0.15) is 49.1 Å². The monoisotopic (exact) mass is 197 g/mol. The fraction of sp³-hybridized carbons (Fsp3) is 0.700. The molecule has 1 fully saturated rings. The molecule has 0 amide bonds. The van der Waals surface area contributed by atoms with Crippen LogP contribution in [0.25, 0.3) is 0 Å². The summed E-state index contributed by atoms with van der Waals surface area (Å²) in [5.74, 6) is 2.48. The molecule has 1 saturated carbocycles. The van der Waals surface area contributed by atoms with Crippen molar-refractivity contribution in [1.29, 1.82) is 0 Å². The summed E-state index contributed by atoms with van der Waals surface area (Å²) in [6.45, 7) is 2.15. The Morgan fingerprint density at radius 1 is 1.54 bits per heavy atom. The van der Waals surface area contributed by atoms with Crippen LogP contribution in [0, 0.1) is 0 Å². The molecule has 1 aliphatic carbocycles. The predicted molar refractivity (Wildman–Crippen MR) is 55.2 cm³/mol. The molecule has 0 bridgehead atoms. The molecule has 1 heterocycles. The van der Waals surface area contributed by atoms with Crippen molar-refractivity contribution in [1.82, 2.24) is 5.16 Å². The average molecular weight is 197 g/mol. The lowest BCUT2D eigenvalue weighted by Crippen LogP contribution is -2.09. The lowest BCUT2D eigenvalue weighted by Gasteiger charge is -2.23. The van der Waals surface area contributed by atoms with E-state index in [4.69, 9.17) is 4.52 Å². The molecule has 0 unspecified atom stereocenters. The van der Waals surface area contributed by atoms with Crippen molar-refractivity contribution >= 4 is 12.6 Å². The Balaban J connectivity index is 2.28. The lowest BCUT2D eigenvalue weighted by atomic mass is 9.81. The van der Waals surface area contributed by atoms with E-state index in [1.165, 1.54) is 24.8 Å². The lowest BCUT2D eigenvalue weighted by molar-refractivity contribution is 0.297. The van der Waals surface area contributed by atoms with E-state index in [1.807, 2.05) is 0 Å². The maximum atomic E-state index is 5.38. The predicted octanol–water partition coefficient (Wildman–Crippen LogP) is 2.93. The van der Waals surface area contributed by atoms with Gasteiger partial charge >= 0.3 is 0 Å². The Hall–Kier alpha value is -0.440. The summed E-state index contributed by atoms with van der Waals surface area (Å²) >= 11 is 4.24. The van der Waals surface area contributed by atoms with Crippen molar-refractivity contribution in [2.24, 2.45) is 0 Å². The van der Waals surface area contributed by atoms with Crippen molar-refractivity contribution in [3.05, 3.63) is 17.0 Å². The summed E-state index contributed by atoms with van der Waals surface area (Å²) in [5, 5.41) is 4.06. The number of aromatic nitrogens is 1. The Morgan fingerprint density at radius 3 is 2.77 bits per heavy atom. The van der Waals surface area contributed by atoms with Gasteiger partial charge in [0.1, 0.15) is 5.76 Å². The number of thiol groups is 1. The van der Waals surface area contributed by atoms with E-state index < -0.39 is 0 Å². The molecule has 0 radical (unpaired) electrons. The number of rotatable bonds is 3. The van der Waals surface area contributed by atoms with E-state index in [-0.39, 0.29) is 0 Å². The second-order valence-electron chi connectivity index (χ2n) is 3.61. The van der Waals surface area contributed by atoms with Gasteiger partial charge in [0, 0.05) is 17.2 Å². The van der Waals surface area contributed by atoms with Crippen LogP contribution >= 0.6 is 12.6 Å². The standard InChI is InChI=1S/C10H15NOS/c1-2-8-9(6-13)11-12-10(8)7-4-3-5-7/h7,13H,2-6H2,1H3. The van der Waals surface area contributed by atoms with Crippen LogP contribution in [0.3, 0.4) is 0 Å². The molecular weight excluding hydrogens is 182 g/mol. The molecule has 0 atom stereocenters. The first-order chi connectivity index (χ1) is 6.36. The average Bonchev–Trinajstić information content (AvgIpc) is 2.44. The van der Waals surface area contributed by atoms with Crippen molar-refractivity contribution in [3.8, 4) is 0 Å². The van der Waals surface area contributed by atoms with E-state index in [0.29, 0.717) is 11.7 Å². The molecule has 2 rings (SSSR count). The molecule has 0 aromatic carbocycles. The van der Waals surface area contributed by atoms with Gasteiger partial charge in [0.2, 0.25) is 0 Å². The molecular formula is C10H15NOS. The van der Waals surface area contributed by atoms with Crippen LogP contribution in [-0.2, 0) is 12.2 Å². The molecule has 1 aliphatic rings. The van der Waals surface area contributed by atoms with Gasteiger partial charge in [-0.25, -0.2) is 0 Å². The third kappa shape index (κ3) is 1.50. The summed E-state index contributed by atoms with van der Waals surface area (Å²) in [5.41, 5.74) is 2.34. The largest absolute Gasteiger partial charge is 0.361 e. The highest BCUT2D eigenvalue weighted by Gasteiger charge is 2.27. The zero-order valence-corrected chi connectivity index (χ0v) is 8.81. The zero-order chi connectivity index (χ0) is 9.26. The Labute approximate surface area is 84.1 Å². The van der Waals surface area contributed by atoms with Gasteiger partial charge in [-0.1, -0.05) is 18.5 Å². The molecule has 1 aromatic heterocycles. The number of hydrogen-bond donors (Lipinski definition) is 1. The van der Waals surface area contributed by atoms with Crippen molar-refractivity contribution < 1.29 is 4.52 Å². The van der Waals surface area contributed by atoms with Gasteiger partial charge in [-0.15, -0.1) is 0 Å². The van der Waals surface area contributed by atoms with Gasteiger partial charge in [0.15, 0.2) is 0 Å². The maximum Gasteiger partial charge on any atom is 0.143 e. The molecule has 3 heteroatoms. The van der Waals surface area contributed by atoms with Gasteiger partial charge in [-0.05, 0) is 19.3 Å². The second-order valence-corrected chi connectivity index (χ2v) is 3.93. The summed E-state index contributed by atoms with van der Waals surface area (Å²) in [6, 6.07) is 0. The number of nitrogens with zero attached hydrogens (tertiary/aromatic N) is 1. The molecule has 72 valence electrons. The van der Waals surface area contributed by atoms with E-state index >= 15 is 0 Å². The van der Waals surface area contributed by atoms with Gasteiger partial charge in [0.05, 0.1) is 5.69 Å². The fourth-order valence-corrected chi connectivity index (χ4v) is 2.10. The van der Waals surface area contributed by atoms with E-state index in [2.05, 4.69) is 24.7 Å². The summed E-state index contributed by atoms with van der Waals surface area (Å²) < 4.78 is 5.38. The van der Waals surface area contributed by atoms with Crippen LogP contribution in [0.4, 0.5) is 0 Å². The van der Waals surface area contributed by atoms with Gasteiger partial charge in [0.25, 0.3) is 0 Å². The molecule has 0 N–H and O–H groups in total. The summed E-state index contributed by atoms with van der Waals surface area (Å²) in [6.07, 6.45) is 4.90. The Morgan fingerprint density at radius 2 is 2.31 bits per heavy atom. The first-order valence-electron chi connectivity index (χ1n) is 4.95. The van der Waals surface area contributed by atoms with Crippen molar-refractivity contribution in [3.63, 3.8) is 0 Å². The highest BCUT2D eigenvalue weighted by molar-refractivity contribution is 7.79.